The van der Waals surface area contributed by atoms with Crippen molar-refractivity contribution < 1.29 is 23.4 Å². The van der Waals surface area contributed by atoms with Crippen molar-refractivity contribution in [3.05, 3.63) is 29.3 Å². The molecule has 1 N–H and O–H groups in total. The highest BCUT2D eigenvalue weighted by molar-refractivity contribution is 7.57. The summed E-state index contributed by atoms with van der Waals surface area (Å²) >= 11 is 0. The molecule has 170 valence electrons. The van der Waals surface area contributed by atoms with Crippen LogP contribution in [0.15, 0.2) is 18.2 Å². The molecule has 1 aromatic carbocycles. The number of nitrogens with one attached hydrogen (secondary N) is 1. The van der Waals surface area contributed by atoms with Crippen LogP contribution in [-0.4, -0.2) is 31.6 Å². The third kappa shape index (κ3) is 6.83. The summed E-state index contributed by atoms with van der Waals surface area (Å²) in [5.74, 6) is 0.934. The van der Waals surface area contributed by atoms with Crippen LogP contribution in [0.1, 0.15) is 77.3 Å². The molecule has 1 aliphatic carbocycles. The first-order chi connectivity index (χ1) is 14.2. The van der Waals surface area contributed by atoms with Crippen molar-refractivity contribution in [2.45, 2.75) is 84.8 Å². The van der Waals surface area contributed by atoms with Crippen LogP contribution < -0.4 is 9.61 Å². The third-order valence-corrected chi connectivity index (χ3v) is 7.52. The predicted octanol–water partition coefficient (Wildman–Crippen LogP) is 5.65. The Morgan fingerprint density at radius 1 is 1.23 bits per heavy atom. The number of rotatable bonds is 13. The second kappa shape index (κ2) is 11.3. The summed E-state index contributed by atoms with van der Waals surface area (Å²) < 4.78 is 30.6. The van der Waals surface area contributed by atoms with Crippen molar-refractivity contribution in [1.82, 2.24) is 5.09 Å². The van der Waals surface area contributed by atoms with Gasteiger partial charge >= 0.3 is 13.5 Å². The number of para-hydroxylation sites is 1. The molecule has 0 amide bonds. The van der Waals surface area contributed by atoms with E-state index in [1.165, 1.54) is 7.11 Å². The predicted molar refractivity (Wildman–Crippen MR) is 120 cm³/mol. The average molecular weight is 440 g/mol. The summed E-state index contributed by atoms with van der Waals surface area (Å²) in [6, 6.07) is 5.29. The lowest BCUT2D eigenvalue weighted by Crippen LogP contribution is -2.37. The second-order valence-electron chi connectivity index (χ2n) is 8.41. The fourth-order valence-corrected chi connectivity index (χ4v) is 5.23. The number of methoxy groups -OCH3 is 1. The van der Waals surface area contributed by atoms with Gasteiger partial charge in [0, 0.05) is 7.11 Å². The van der Waals surface area contributed by atoms with E-state index in [2.05, 4.69) is 25.9 Å². The van der Waals surface area contributed by atoms with Gasteiger partial charge in [0.2, 0.25) is 0 Å². The molecule has 3 unspecified atom stereocenters. The molecule has 0 spiro atoms. The number of hydrogen-bond acceptors (Lipinski definition) is 5. The molecule has 1 saturated carbocycles. The maximum absolute atomic E-state index is 13.7. The minimum Gasteiger partial charge on any atom is -0.461 e. The van der Waals surface area contributed by atoms with E-state index in [9.17, 15) is 9.36 Å². The van der Waals surface area contributed by atoms with Gasteiger partial charge in [-0.05, 0) is 62.5 Å². The lowest BCUT2D eigenvalue weighted by atomic mass is 9.94. The van der Waals surface area contributed by atoms with Gasteiger partial charge in [0.1, 0.15) is 24.2 Å². The van der Waals surface area contributed by atoms with Crippen molar-refractivity contribution in [3.63, 3.8) is 0 Å². The van der Waals surface area contributed by atoms with Crippen LogP contribution in [0.3, 0.4) is 0 Å². The van der Waals surface area contributed by atoms with Gasteiger partial charge < -0.3 is 14.0 Å². The molecule has 2 rings (SSSR count). The zero-order valence-electron chi connectivity index (χ0n) is 19.3. The summed E-state index contributed by atoms with van der Waals surface area (Å²) in [6.45, 7) is 9.92. The zero-order valence-corrected chi connectivity index (χ0v) is 20.2. The third-order valence-electron chi connectivity index (χ3n) is 5.66. The largest absolute Gasteiger partial charge is 0.461 e. The van der Waals surface area contributed by atoms with Gasteiger partial charge in [-0.15, -0.1) is 0 Å². The molecule has 0 bridgehead atoms. The van der Waals surface area contributed by atoms with Crippen LogP contribution in [0.4, 0.5) is 0 Å². The van der Waals surface area contributed by atoms with Gasteiger partial charge in [-0.2, -0.15) is 0 Å². The molecule has 4 atom stereocenters. The Kier molecular flexibility index (Phi) is 9.39. The summed E-state index contributed by atoms with van der Waals surface area (Å²) in [4.78, 5) is 12.5. The van der Waals surface area contributed by atoms with E-state index in [1.54, 1.807) is 6.92 Å². The molecule has 1 aromatic rings. The summed E-state index contributed by atoms with van der Waals surface area (Å²) in [5.41, 5.74) is 2.05. The highest BCUT2D eigenvalue weighted by atomic mass is 31.2. The number of carbonyl (C=O) groups is 1. The molecule has 0 saturated heterocycles. The molecule has 0 aliphatic heterocycles. The SMILES string of the molecule is CCCc1cccc(C(C)CC)c1OP(=O)(COC)N[C@@H](C)C(=O)OC(C)C1CC1. The van der Waals surface area contributed by atoms with E-state index in [-0.39, 0.29) is 18.4 Å². The van der Waals surface area contributed by atoms with Crippen molar-refractivity contribution >= 4 is 13.5 Å². The van der Waals surface area contributed by atoms with E-state index in [0.717, 1.165) is 43.2 Å². The Morgan fingerprint density at radius 3 is 2.50 bits per heavy atom. The maximum Gasteiger partial charge on any atom is 0.342 e. The van der Waals surface area contributed by atoms with Gasteiger partial charge in [-0.1, -0.05) is 45.4 Å². The molecule has 0 heterocycles. The van der Waals surface area contributed by atoms with E-state index in [0.29, 0.717) is 11.7 Å². The fourth-order valence-electron chi connectivity index (χ4n) is 3.49. The monoisotopic (exact) mass is 439 g/mol. The van der Waals surface area contributed by atoms with E-state index in [4.69, 9.17) is 14.0 Å². The van der Waals surface area contributed by atoms with Gasteiger partial charge in [-0.3, -0.25) is 9.36 Å². The zero-order chi connectivity index (χ0) is 22.3. The summed E-state index contributed by atoms with van der Waals surface area (Å²) in [5, 5.41) is 2.89. The molecular formula is C23H38NO5P. The molecule has 30 heavy (non-hydrogen) atoms. The van der Waals surface area contributed by atoms with Crippen LogP contribution >= 0.6 is 7.52 Å². The first-order valence-corrected chi connectivity index (χ1v) is 12.9. The van der Waals surface area contributed by atoms with Crippen LogP contribution in [0.5, 0.6) is 5.75 Å². The van der Waals surface area contributed by atoms with Crippen molar-refractivity contribution in [1.29, 1.82) is 0 Å². The maximum atomic E-state index is 13.7. The van der Waals surface area contributed by atoms with Crippen LogP contribution in [0.25, 0.3) is 0 Å². The Morgan fingerprint density at radius 2 is 1.93 bits per heavy atom. The molecule has 0 aromatic heterocycles. The van der Waals surface area contributed by atoms with Crippen molar-refractivity contribution in [2.75, 3.05) is 13.5 Å². The highest BCUT2D eigenvalue weighted by Gasteiger charge is 2.35. The lowest BCUT2D eigenvalue weighted by molar-refractivity contribution is -0.150. The van der Waals surface area contributed by atoms with Crippen molar-refractivity contribution in [2.24, 2.45) is 5.92 Å². The van der Waals surface area contributed by atoms with Gasteiger partial charge in [0.05, 0.1) is 0 Å². The Hall–Kier alpha value is -1.36. The Bertz CT molecular complexity index is 749. The fraction of sp³-hybridized carbons (Fsp3) is 0.696. The molecular weight excluding hydrogens is 401 g/mol. The van der Waals surface area contributed by atoms with E-state index < -0.39 is 19.5 Å². The van der Waals surface area contributed by atoms with E-state index >= 15 is 0 Å². The lowest BCUT2D eigenvalue weighted by Gasteiger charge is -2.27. The summed E-state index contributed by atoms with van der Waals surface area (Å²) in [6.07, 6.45) is 4.64. The van der Waals surface area contributed by atoms with Crippen molar-refractivity contribution in [3.8, 4) is 5.75 Å². The number of hydrogen-bond donors (Lipinski definition) is 1. The minimum atomic E-state index is -3.50. The van der Waals surface area contributed by atoms with Gasteiger partial charge in [0.25, 0.3) is 0 Å². The number of esters is 1. The van der Waals surface area contributed by atoms with Crippen LogP contribution in [0.2, 0.25) is 0 Å². The number of ether oxygens (including phenoxy) is 2. The smallest absolute Gasteiger partial charge is 0.342 e. The molecule has 6 nitrogen and oxygen atoms in total. The highest BCUT2D eigenvalue weighted by Crippen LogP contribution is 2.47. The summed E-state index contributed by atoms with van der Waals surface area (Å²) in [7, 11) is -2.03. The first-order valence-electron chi connectivity index (χ1n) is 11.1. The minimum absolute atomic E-state index is 0.119. The normalized spacial score (nSPS) is 18.9. The average Bonchev–Trinajstić information content (AvgIpc) is 3.54. The second-order valence-corrected chi connectivity index (χ2v) is 10.5. The molecule has 1 fully saturated rings. The van der Waals surface area contributed by atoms with Crippen LogP contribution in [0, 0.1) is 5.92 Å². The molecule has 0 radical (unpaired) electrons. The molecule has 1 aliphatic rings. The molecule has 7 heteroatoms. The number of aryl methyl sites for hydroxylation is 1. The van der Waals surface area contributed by atoms with Gasteiger partial charge in [0.15, 0.2) is 0 Å². The van der Waals surface area contributed by atoms with Gasteiger partial charge in [-0.25, -0.2) is 5.09 Å². The Labute approximate surface area is 181 Å². The standard InChI is InChI=1S/C23H38NO5P/c1-7-10-20-11-9-12-21(16(3)8-2)22(20)29-30(26,15-27-6)24-17(4)23(25)28-18(5)19-13-14-19/h9,11-12,16-19H,7-8,10,13-15H2,1-6H3,(H,24,26)/t16?,17-,18?,30?/m0/s1. The van der Waals surface area contributed by atoms with Crippen LogP contribution in [-0.2, 0) is 25.3 Å². The topological polar surface area (TPSA) is 73.9 Å². The number of benzene rings is 1. The van der Waals surface area contributed by atoms with E-state index in [1.807, 2.05) is 25.1 Å². The first kappa shape index (κ1) is 24.9. The Balaban J connectivity index is 2.24. The number of carbonyl (C=O) groups excluding carboxylic acids is 1. The quantitative estimate of drug-likeness (QED) is 0.316.